The molecular formula is C21H23FN2O2. The summed E-state index contributed by atoms with van der Waals surface area (Å²) in [5.74, 6) is -0.363. The zero-order chi connectivity index (χ0) is 18.7. The normalized spacial score (nSPS) is 14.4. The highest BCUT2D eigenvalue weighted by atomic mass is 19.1. The maximum Gasteiger partial charge on any atom is 0.253 e. The van der Waals surface area contributed by atoms with Crippen LogP contribution in [0.3, 0.4) is 0 Å². The molecule has 1 fully saturated rings. The van der Waals surface area contributed by atoms with Gasteiger partial charge >= 0.3 is 0 Å². The van der Waals surface area contributed by atoms with Crippen molar-refractivity contribution in [2.45, 2.75) is 20.3 Å². The Kier molecular flexibility index (Phi) is 5.35. The maximum atomic E-state index is 13.2. The van der Waals surface area contributed by atoms with Gasteiger partial charge in [-0.1, -0.05) is 18.2 Å². The summed E-state index contributed by atoms with van der Waals surface area (Å²) in [7, 11) is 0. The number of amides is 2. The first-order valence-electron chi connectivity index (χ1n) is 8.83. The molecule has 0 saturated carbocycles. The number of rotatable bonds is 3. The summed E-state index contributed by atoms with van der Waals surface area (Å²) in [6.07, 6.45) is 0.183. The van der Waals surface area contributed by atoms with E-state index in [0.717, 1.165) is 11.1 Å². The standard InChI is InChI=1S/C21H23FN2O2/c1-15-6-7-18(12-16(15)2)21(26)24-10-8-23(9-11-24)20(25)14-17-4-3-5-19(22)13-17/h3-7,12-13H,8-11,14H2,1-2H3. The van der Waals surface area contributed by atoms with Crippen LogP contribution in [0, 0.1) is 19.7 Å². The molecule has 0 radical (unpaired) electrons. The summed E-state index contributed by atoms with van der Waals surface area (Å²) < 4.78 is 13.2. The number of carbonyl (C=O) groups excluding carboxylic acids is 2. The Balaban J connectivity index is 1.57. The Morgan fingerprint density at radius 3 is 2.27 bits per heavy atom. The van der Waals surface area contributed by atoms with Crippen molar-refractivity contribution in [1.29, 1.82) is 0 Å². The molecular weight excluding hydrogens is 331 g/mol. The van der Waals surface area contributed by atoms with E-state index in [0.29, 0.717) is 37.3 Å². The molecule has 4 nitrogen and oxygen atoms in total. The molecule has 2 amide bonds. The number of carbonyl (C=O) groups is 2. The molecule has 2 aromatic carbocycles. The Bertz CT molecular complexity index is 827. The van der Waals surface area contributed by atoms with Gasteiger partial charge in [0.2, 0.25) is 5.91 Å². The molecule has 0 atom stereocenters. The minimum Gasteiger partial charge on any atom is -0.339 e. The van der Waals surface area contributed by atoms with E-state index >= 15 is 0 Å². The molecule has 0 N–H and O–H groups in total. The molecule has 1 saturated heterocycles. The first kappa shape index (κ1) is 18.1. The summed E-state index contributed by atoms with van der Waals surface area (Å²) >= 11 is 0. The average molecular weight is 354 g/mol. The molecule has 0 spiro atoms. The van der Waals surface area contributed by atoms with Crippen molar-refractivity contribution in [3.8, 4) is 0 Å². The van der Waals surface area contributed by atoms with E-state index in [1.54, 1.807) is 21.9 Å². The first-order valence-corrected chi connectivity index (χ1v) is 8.83. The number of hydrogen-bond donors (Lipinski definition) is 0. The highest BCUT2D eigenvalue weighted by Crippen LogP contribution is 2.14. The van der Waals surface area contributed by atoms with Gasteiger partial charge in [-0.2, -0.15) is 0 Å². The maximum absolute atomic E-state index is 13.2. The van der Waals surface area contributed by atoms with Gasteiger partial charge in [0.15, 0.2) is 0 Å². The molecule has 0 bridgehead atoms. The topological polar surface area (TPSA) is 40.6 Å². The van der Waals surface area contributed by atoms with Crippen molar-refractivity contribution in [2.24, 2.45) is 0 Å². The predicted octanol–water partition coefficient (Wildman–Crippen LogP) is 2.97. The third-order valence-electron chi connectivity index (χ3n) is 4.92. The molecule has 136 valence electrons. The smallest absolute Gasteiger partial charge is 0.253 e. The lowest BCUT2D eigenvalue weighted by molar-refractivity contribution is -0.131. The monoisotopic (exact) mass is 354 g/mol. The first-order chi connectivity index (χ1) is 12.4. The third kappa shape index (κ3) is 4.10. The lowest BCUT2D eigenvalue weighted by Gasteiger charge is -2.35. The van der Waals surface area contributed by atoms with Gasteiger partial charge in [-0.15, -0.1) is 0 Å². The van der Waals surface area contributed by atoms with Crippen LogP contribution in [0.2, 0.25) is 0 Å². The number of aryl methyl sites for hydroxylation is 2. The van der Waals surface area contributed by atoms with Crippen LogP contribution >= 0.6 is 0 Å². The second-order valence-electron chi connectivity index (χ2n) is 6.78. The largest absolute Gasteiger partial charge is 0.339 e. The number of piperazine rings is 1. The number of benzene rings is 2. The molecule has 1 aliphatic rings. The van der Waals surface area contributed by atoms with Gasteiger partial charge in [0.25, 0.3) is 5.91 Å². The van der Waals surface area contributed by atoms with Crippen LogP contribution in [0.25, 0.3) is 0 Å². The van der Waals surface area contributed by atoms with Gasteiger partial charge in [-0.3, -0.25) is 9.59 Å². The van der Waals surface area contributed by atoms with E-state index < -0.39 is 0 Å². The highest BCUT2D eigenvalue weighted by molar-refractivity contribution is 5.94. The lowest BCUT2D eigenvalue weighted by Crippen LogP contribution is -2.51. The van der Waals surface area contributed by atoms with E-state index in [1.807, 2.05) is 32.0 Å². The quantitative estimate of drug-likeness (QED) is 0.850. The molecule has 2 aromatic rings. The van der Waals surface area contributed by atoms with Crippen molar-refractivity contribution in [3.63, 3.8) is 0 Å². The van der Waals surface area contributed by atoms with Crippen LogP contribution in [0.5, 0.6) is 0 Å². The van der Waals surface area contributed by atoms with Crippen LogP contribution in [0.1, 0.15) is 27.0 Å². The SMILES string of the molecule is Cc1ccc(C(=O)N2CCN(C(=O)Cc3cccc(F)c3)CC2)cc1C. The van der Waals surface area contributed by atoms with E-state index in [2.05, 4.69) is 0 Å². The van der Waals surface area contributed by atoms with Crippen molar-refractivity contribution in [2.75, 3.05) is 26.2 Å². The molecule has 26 heavy (non-hydrogen) atoms. The van der Waals surface area contributed by atoms with Crippen molar-refractivity contribution in [3.05, 3.63) is 70.5 Å². The third-order valence-corrected chi connectivity index (χ3v) is 4.92. The minimum absolute atomic E-state index is 0.00493. The summed E-state index contributed by atoms with van der Waals surface area (Å²) in [6.45, 7) is 6.05. The van der Waals surface area contributed by atoms with Crippen LogP contribution in [-0.2, 0) is 11.2 Å². The van der Waals surface area contributed by atoms with Crippen molar-refractivity contribution in [1.82, 2.24) is 9.80 Å². The van der Waals surface area contributed by atoms with Gasteiger partial charge in [-0.25, -0.2) is 4.39 Å². The van der Waals surface area contributed by atoms with E-state index in [1.165, 1.54) is 12.1 Å². The molecule has 1 heterocycles. The molecule has 3 rings (SSSR count). The Hall–Kier alpha value is -2.69. The number of nitrogens with zero attached hydrogens (tertiary/aromatic N) is 2. The molecule has 1 aliphatic heterocycles. The van der Waals surface area contributed by atoms with Gasteiger partial charge in [0.05, 0.1) is 6.42 Å². The van der Waals surface area contributed by atoms with Crippen LogP contribution in [0.4, 0.5) is 4.39 Å². The predicted molar refractivity (Wildman–Crippen MR) is 98.5 cm³/mol. The fraction of sp³-hybridized carbons (Fsp3) is 0.333. The van der Waals surface area contributed by atoms with Gasteiger partial charge in [0.1, 0.15) is 5.82 Å². The lowest BCUT2D eigenvalue weighted by atomic mass is 10.1. The highest BCUT2D eigenvalue weighted by Gasteiger charge is 2.25. The van der Waals surface area contributed by atoms with Crippen LogP contribution in [0.15, 0.2) is 42.5 Å². The number of halogens is 1. The van der Waals surface area contributed by atoms with Crippen LogP contribution in [-0.4, -0.2) is 47.8 Å². The zero-order valence-corrected chi connectivity index (χ0v) is 15.2. The van der Waals surface area contributed by atoms with E-state index in [4.69, 9.17) is 0 Å². The Labute approximate surface area is 153 Å². The second-order valence-corrected chi connectivity index (χ2v) is 6.78. The van der Waals surface area contributed by atoms with Crippen molar-refractivity contribution >= 4 is 11.8 Å². The van der Waals surface area contributed by atoms with Gasteiger partial charge in [0, 0.05) is 31.7 Å². The Morgan fingerprint density at radius 1 is 0.923 bits per heavy atom. The zero-order valence-electron chi connectivity index (χ0n) is 15.2. The fourth-order valence-corrected chi connectivity index (χ4v) is 3.15. The van der Waals surface area contributed by atoms with Gasteiger partial charge in [-0.05, 0) is 54.8 Å². The van der Waals surface area contributed by atoms with E-state index in [-0.39, 0.29) is 24.1 Å². The summed E-state index contributed by atoms with van der Waals surface area (Å²) in [4.78, 5) is 28.6. The number of hydrogen-bond acceptors (Lipinski definition) is 2. The fourth-order valence-electron chi connectivity index (χ4n) is 3.15. The molecule has 0 aromatic heterocycles. The molecule has 5 heteroatoms. The average Bonchev–Trinajstić information content (AvgIpc) is 2.63. The minimum atomic E-state index is -0.334. The second kappa shape index (κ2) is 7.68. The summed E-state index contributed by atoms with van der Waals surface area (Å²) in [5.41, 5.74) is 3.62. The summed E-state index contributed by atoms with van der Waals surface area (Å²) in [5, 5.41) is 0. The van der Waals surface area contributed by atoms with Gasteiger partial charge < -0.3 is 9.80 Å². The molecule has 0 aliphatic carbocycles. The van der Waals surface area contributed by atoms with Crippen LogP contribution < -0.4 is 0 Å². The molecule has 0 unspecified atom stereocenters. The van der Waals surface area contributed by atoms with E-state index in [9.17, 15) is 14.0 Å². The summed E-state index contributed by atoms with van der Waals surface area (Å²) in [6, 6.07) is 11.8. The Morgan fingerprint density at radius 2 is 1.62 bits per heavy atom. The van der Waals surface area contributed by atoms with Crippen molar-refractivity contribution < 1.29 is 14.0 Å².